The van der Waals surface area contributed by atoms with E-state index in [2.05, 4.69) is 48.5 Å². The van der Waals surface area contributed by atoms with E-state index in [4.69, 9.17) is 0 Å². The molecule has 1 aliphatic rings. The fraction of sp³-hybridized carbons (Fsp3) is 0.294. The summed E-state index contributed by atoms with van der Waals surface area (Å²) in [5.74, 6) is 0.451. The van der Waals surface area contributed by atoms with Crippen molar-refractivity contribution in [2.24, 2.45) is 0 Å². The number of hydrogen-bond acceptors (Lipinski definition) is 1. The van der Waals surface area contributed by atoms with Crippen molar-refractivity contribution >= 4 is 0 Å². The lowest BCUT2D eigenvalue weighted by molar-refractivity contribution is 0.180. The predicted octanol–water partition coefficient (Wildman–Crippen LogP) is 3.96. The van der Waals surface area contributed by atoms with Gasteiger partial charge in [0.25, 0.3) is 0 Å². The average molecular weight is 238 g/mol. The molecule has 0 amide bonds. The van der Waals surface area contributed by atoms with Crippen molar-refractivity contribution in [2.45, 2.75) is 31.8 Å². The highest BCUT2D eigenvalue weighted by atomic mass is 16.3. The zero-order valence-corrected chi connectivity index (χ0v) is 10.6. The standard InChI is InChI=1S/C17H18O/c1-12(18)10-11-17-15-8-4-2-6-13(15)14-7-3-5-9-16(14)17/h2-9,12,17-18H,10-11H2,1H3/t12-/m0/s1. The van der Waals surface area contributed by atoms with Crippen molar-refractivity contribution in [1.82, 2.24) is 0 Å². The van der Waals surface area contributed by atoms with Gasteiger partial charge in [-0.2, -0.15) is 0 Å². The Balaban J connectivity index is 2.03. The number of rotatable bonds is 3. The summed E-state index contributed by atoms with van der Waals surface area (Å²) in [6.07, 6.45) is 1.66. The highest BCUT2D eigenvalue weighted by molar-refractivity contribution is 5.78. The fourth-order valence-corrected chi connectivity index (χ4v) is 2.98. The third-order valence-electron chi connectivity index (χ3n) is 3.84. The van der Waals surface area contributed by atoms with Crippen molar-refractivity contribution in [3.8, 4) is 11.1 Å². The smallest absolute Gasteiger partial charge is 0.0512 e. The van der Waals surface area contributed by atoms with Gasteiger partial charge < -0.3 is 5.11 Å². The van der Waals surface area contributed by atoms with Crippen LogP contribution in [-0.4, -0.2) is 11.2 Å². The predicted molar refractivity (Wildman–Crippen MR) is 74.6 cm³/mol. The molecule has 18 heavy (non-hydrogen) atoms. The molecule has 3 rings (SSSR count). The van der Waals surface area contributed by atoms with Crippen LogP contribution in [0.5, 0.6) is 0 Å². The molecule has 0 aliphatic heterocycles. The van der Waals surface area contributed by atoms with Crippen LogP contribution < -0.4 is 0 Å². The minimum absolute atomic E-state index is 0.218. The minimum atomic E-state index is -0.218. The maximum atomic E-state index is 9.51. The normalized spacial score (nSPS) is 15.2. The lowest BCUT2D eigenvalue weighted by Gasteiger charge is -2.14. The average Bonchev–Trinajstić information content (AvgIpc) is 2.71. The van der Waals surface area contributed by atoms with Gasteiger partial charge in [0.2, 0.25) is 0 Å². The second-order valence-corrected chi connectivity index (χ2v) is 5.15. The maximum absolute atomic E-state index is 9.51. The molecule has 1 heteroatoms. The summed E-state index contributed by atoms with van der Waals surface area (Å²) >= 11 is 0. The van der Waals surface area contributed by atoms with E-state index in [1.165, 1.54) is 22.3 Å². The van der Waals surface area contributed by atoms with Crippen LogP contribution in [0.2, 0.25) is 0 Å². The van der Waals surface area contributed by atoms with Gasteiger partial charge in [0, 0.05) is 5.92 Å². The van der Waals surface area contributed by atoms with Gasteiger partial charge in [-0.05, 0) is 42.0 Å². The first-order chi connectivity index (χ1) is 8.77. The van der Waals surface area contributed by atoms with Gasteiger partial charge in [-0.25, -0.2) is 0 Å². The Morgan fingerprint density at radius 3 is 1.94 bits per heavy atom. The Bertz CT molecular complexity index is 512. The summed E-state index contributed by atoms with van der Waals surface area (Å²) in [5.41, 5.74) is 5.56. The highest BCUT2D eigenvalue weighted by Gasteiger charge is 2.27. The molecule has 2 aromatic rings. The number of aliphatic hydroxyl groups is 1. The Morgan fingerprint density at radius 2 is 1.44 bits per heavy atom. The molecule has 1 aliphatic carbocycles. The number of benzene rings is 2. The van der Waals surface area contributed by atoms with Gasteiger partial charge in [-0.3, -0.25) is 0 Å². The topological polar surface area (TPSA) is 20.2 Å². The Kier molecular flexibility index (Phi) is 2.92. The molecule has 0 saturated heterocycles. The van der Waals surface area contributed by atoms with E-state index in [-0.39, 0.29) is 6.10 Å². The largest absolute Gasteiger partial charge is 0.393 e. The lowest BCUT2D eigenvalue weighted by Crippen LogP contribution is -2.04. The van der Waals surface area contributed by atoms with Gasteiger partial charge >= 0.3 is 0 Å². The Hall–Kier alpha value is -1.60. The molecule has 0 spiro atoms. The SMILES string of the molecule is C[C@H](O)CCC1c2ccccc2-c2ccccc21. The van der Waals surface area contributed by atoms with Crippen molar-refractivity contribution in [3.05, 3.63) is 59.7 Å². The van der Waals surface area contributed by atoms with Gasteiger partial charge in [0.05, 0.1) is 6.10 Å². The molecule has 0 bridgehead atoms. The van der Waals surface area contributed by atoms with E-state index in [0.717, 1.165) is 12.8 Å². The molecule has 0 heterocycles. The van der Waals surface area contributed by atoms with Crippen molar-refractivity contribution < 1.29 is 5.11 Å². The zero-order valence-electron chi connectivity index (χ0n) is 10.6. The third kappa shape index (κ3) is 1.85. The second kappa shape index (κ2) is 4.58. The quantitative estimate of drug-likeness (QED) is 0.858. The van der Waals surface area contributed by atoms with E-state index < -0.39 is 0 Å². The minimum Gasteiger partial charge on any atom is -0.393 e. The molecular formula is C17H18O. The Morgan fingerprint density at radius 1 is 0.944 bits per heavy atom. The van der Waals surface area contributed by atoms with E-state index in [0.29, 0.717) is 5.92 Å². The first-order valence-electron chi connectivity index (χ1n) is 6.63. The van der Waals surface area contributed by atoms with Crippen LogP contribution in [0.3, 0.4) is 0 Å². The van der Waals surface area contributed by atoms with Gasteiger partial charge in [0.1, 0.15) is 0 Å². The van der Waals surface area contributed by atoms with Crippen LogP contribution in [0.25, 0.3) is 11.1 Å². The fourth-order valence-electron chi connectivity index (χ4n) is 2.98. The molecule has 92 valence electrons. The summed E-state index contributed by atoms with van der Waals surface area (Å²) in [4.78, 5) is 0. The van der Waals surface area contributed by atoms with E-state index in [1.807, 2.05) is 6.92 Å². The molecular weight excluding hydrogens is 220 g/mol. The summed E-state index contributed by atoms with van der Waals surface area (Å²) < 4.78 is 0. The van der Waals surface area contributed by atoms with Crippen LogP contribution in [0.1, 0.15) is 36.8 Å². The molecule has 1 nitrogen and oxygen atoms in total. The molecule has 0 saturated carbocycles. The van der Waals surface area contributed by atoms with Gasteiger partial charge in [-0.1, -0.05) is 48.5 Å². The monoisotopic (exact) mass is 238 g/mol. The van der Waals surface area contributed by atoms with Crippen LogP contribution >= 0.6 is 0 Å². The van der Waals surface area contributed by atoms with Crippen molar-refractivity contribution in [2.75, 3.05) is 0 Å². The molecule has 1 N–H and O–H groups in total. The lowest BCUT2D eigenvalue weighted by atomic mass is 9.91. The van der Waals surface area contributed by atoms with Gasteiger partial charge in [-0.15, -0.1) is 0 Å². The van der Waals surface area contributed by atoms with Crippen molar-refractivity contribution in [1.29, 1.82) is 0 Å². The number of fused-ring (bicyclic) bond motifs is 3. The molecule has 0 fully saturated rings. The van der Waals surface area contributed by atoms with E-state index >= 15 is 0 Å². The van der Waals surface area contributed by atoms with E-state index in [9.17, 15) is 5.11 Å². The van der Waals surface area contributed by atoms with Crippen LogP contribution in [0.15, 0.2) is 48.5 Å². The molecule has 0 unspecified atom stereocenters. The first-order valence-corrected chi connectivity index (χ1v) is 6.63. The maximum Gasteiger partial charge on any atom is 0.0512 e. The summed E-state index contributed by atoms with van der Waals surface area (Å²) in [5, 5.41) is 9.51. The second-order valence-electron chi connectivity index (χ2n) is 5.15. The number of aliphatic hydroxyl groups excluding tert-OH is 1. The molecule has 0 aromatic heterocycles. The van der Waals surface area contributed by atoms with Gasteiger partial charge in [0.15, 0.2) is 0 Å². The summed E-state index contributed by atoms with van der Waals surface area (Å²) in [6.45, 7) is 1.87. The molecule has 1 atom stereocenters. The highest BCUT2D eigenvalue weighted by Crippen LogP contribution is 2.46. The summed E-state index contributed by atoms with van der Waals surface area (Å²) in [6, 6.07) is 17.3. The van der Waals surface area contributed by atoms with Crippen molar-refractivity contribution in [3.63, 3.8) is 0 Å². The van der Waals surface area contributed by atoms with E-state index in [1.54, 1.807) is 0 Å². The molecule has 0 radical (unpaired) electrons. The molecule has 2 aromatic carbocycles. The van der Waals surface area contributed by atoms with Crippen LogP contribution in [0, 0.1) is 0 Å². The summed E-state index contributed by atoms with van der Waals surface area (Å²) in [7, 11) is 0. The van der Waals surface area contributed by atoms with Crippen LogP contribution in [-0.2, 0) is 0 Å². The zero-order chi connectivity index (χ0) is 12.5. The van der Waals surface area contributed by atoms with Crippen LogP contribution in [0.4, 0.5) is 0 Å². The number of hydrogen-bond donors (Lipinski definition) is 1. The Labute approximate surface area is 108 Å². The first kappa shape index (κ1) is 11.5. The third-order valence-corrected chi connectivity index (χ3v) is 3.84.